The Morgan fingerprint density at radius 2 is 2.00 bits per heavy atom. The van der Waals surface area contributed by atoms with E-state index >= 15 is 0 Å². The highest BCUT2D eigenvalue weighted by Crippen LogP contribution is 2.34. The van der Waals surface area contributed by atoms with Crippen molar-refractivity contribution in [2.24, 2.45) is 0 Å². The predicted molar refractivity (Wildman–Crippen MR) is 103 cm³/mol. The molecule has 0 aliphatic carbocycles. The lowest BCUT2D eigenvalue weighted by atomic mass is 10.1. The molecule has 0 saturated carbocycles. The third-order valence-electron chi connectivity index (χ3n) is 3.81. The number of methoxy groups -OCH3 is 1. The summed E-state index contributed by atoms with van der Waals surface area (Å²) >= 11 is 0.905. The Kier molecular flexibility index (Phi) is 7.48. The van der Waals surface area contributed by atoms with E-state index in [1.807, 2.05) is 6.92 Å². The van der Waals surface area contributed by atoms with E-state index in [1.54, 1.807) is 6.92 Å². The highest BCUT2D eigenvalue weighted by atomic mass is 32.1. The Morgan fingerprint density at radius 1 is 1.28 bits per heavy atom. The van der Waals surface area contributed by atoms with Crippen molar-refractivity contribution < 1.29 is 33.8 Å². The van der Waals surface area contributed by atoms with Crippen molar-refractivity contribution in [2.75, 3.05) is 19.0 Å². The molecule has 2 heterocycles. The number of carbonyl (C=O) groups is 4. The molecule has 156 valence electrons. The zero-order valence-electron chi connectivity index (χ0n) is 16.2. The van der Waals surface area contributed by atoms with Gasteiger partial charge in [0.15, 0.2) is 5.69 Å². The minimum atomic E-state index is -0.980. The molecule has 0 aromatic carbocycles. The molecular weight excluding hydrogens is 402 g/mol. The third kappa shape index (κ3) is 5.41. The maximum Gasteiger partial charge on any atom is 0.348 e. The second-order valence-corrected chi connectivity index (χ2v) is 6.97. The standard InChI is InChI=1S/C18H21N3O7S/c1-4-9-28-17(25)13-10(2)14(18(26)27-3)29-16(13)19-15(24)11-5-7-21(20-11)8-6-12(22)23/h5,7H,4,6,8-9H2,1-3H3,(H,19,24)(H,22,23). The second-order valence-electron chi connectivity index (χ2n) is 5.95. The van der Waals surface area contributed by atoms with Crippen LogP contribution in [0.2, 0.25) is 0 Å². The number of carboxylic acids is 1. The molecule has 0 spiro atoms. The van der Waals surface area contributed by atoms with Gasteiger partial charge in [0.1, 0.15) is 9.88 Å². The van der Waals surface area contributed by atoms with E-state index in [4.69, 9.17) is 14.6 Å². The summed E-state index contributed by atoms with van der Waals surface area (Å²) in [4.78, 5) is 47.8. The van der Waals surface area contributed by atoms with Crippen LogP contribution in [0.5, 0.6) is 0 Å². The summed E-state index contributed by atoms with van der Waals surface area (Å²) in [5, 5.41) is 15.5. The minimum Gasteiger partial charge on any atom is -0.481 e. The van der Waals surface area contributed by atoms with Gasteiger partial charge in [0, 0.05) is 6.20 Å². The van der Waals surface area contributed by atoms with Crippen molar-refractivity contribution in [3.05, 3.63) is 34.0 Å². The fourth-order valence-electron chi connectivity index (χ4n) is 2.39. The number of carboxylic acid groups (broad SMARTS) is 1. The van der Waals surface area contributed by atoms with Crippen molar-refractivity contribution in [1.29, 1.82) is 0 Å². The van der Waals surface area contributed by atoms with Gasteiger partial charge in [-0.15, -0.1) is 11.3 Å². The Bertz CT molecular complexity index is 932. The number of ether oxygens (including phenoxy) is 2. The molecule has 0 unspecified atom stereocenters. The molecule has 0 radical (unpaired) electrons. The van der Waals surface area contributed by atoms with Crippen LogP contribution in [0.15, 0.2) is 12.3 Å². The lowest BCUT2D eigenvalue weighted by Crippen LogP contribution is -2.16. The molecule has 2 rings (SSSR count). The quantitative estimate of drug-likeness (QED) is 0.586. The topological polar surface area (TPSA) is 137 Å². The number of rotatable bonds is 9. The number of anilines is 1. The number of aromatic nitrogens is 2. The number of esters is 2. The first kappa shape index (κ1) is 22.1. The molecule has 0 aliphatic rings. The van der Waals surface area contributed by atoms with E-state index in [0.717, 1.165) is 11.3 Å². The van der Waals surface area contributed by atoms with E-state index in [2.05, 4.69) is 10.4 Å². The molecule has 1 amide bonds. The van der Waals surface area contributed by atoms with Crippen LogP contribution in [0, 0.1) is 6.92 Å². The molecule has 0 bridgehead atoms. The summed E-state index contributed by atoms with van der Waals surface area (Å²) < 4.78 is 11.2. The average molecular weight is 423 g/mol. The van der Waals surface area contributed by atoms with Crippen LogP contribution < -0.4 is 5.32 Å². The minimum absolute atomic E-state index is 0.0361. The predicted octanol–water partition coefficient (Wildman–Crippen LogP) is 2.33. The van der Waals surface area contributed by atoms with E-state index in [0.29, 0.717) is 12.0 Å². The molecule has 2 aromatic heterocycles. The monoisotopic (exact) mass is 423 g/mol. The normalized spacial score (nSPS) is 10.4. The summed E-state index contributed by atoms with van der Waals surface area (Å²) in [6.45, 7) is 3.73. The number of nitrogens with one attached hydrogen (secondary N) is 1. The molecule has 0 aliphatic heterocycles. The van der Waals surface area contributed by atoms with Gasteiger partial charge in [-0.05, 0) is 25.0 Å². The van der Waals surface area contributed by atoms with Crippen LogP contribution in [0.4, 0.5) is 5.00 Å². The molecule has 2 aromatic rings. The van der Waals surface area contributed by atoms with Gasteiger partial charge >= 0.3 is 17.9 Å². The number of aliphatic carboxylic acids is 1. The van der Waals surface area contributed by atoms with Crippen molar-refractivity contribution in [3.8, 4) is 0 Å². The van der Waals surface area contributed by atoms with E-state index < -0.39 is 23.8 Å². The van der Waals surface area contributed by atoms with Crippen LogP contribution in [-0.2, 0) is 20.8 Å². The van der Waals surface area contributed by atoms with E-state index in [9.17, 15) is 19.2 Å². The van der Waals surface area contributed by atoms with Crippen molar-refractivity contribution in [1.82, 2.24) is 9.78 Å². The average Bonchev–Trinajstić information content (AvgIpc) is 3.28. The summed E-state index contributed by atoms with van der Waals surface area (Å²) in [5.74, 6) is -2.87. The number of amides is 1. The van der Waals surface area contributed by atoms with Crippen LogP contribution >= 0.6 is 11.3 Å². The van der Waals surface area contributed by atoms with Crippen molar-refractivity contribution in [2.45, 2.75) is 33.2 Å². The fraction of sp³-hybridized carbons (Fsp3) is 0.389. The Balaban J connectivity index is 2.28. The highest BCUT2D eigenvalue weighted by molar-refractivity contribution is 7.18. The maximum atomic E-state index is 12.5. The summed E-state index contributed by atoms with van der Waals surface area (Å²) in [6.07, 6.45) is 1.96. The Morgan fingerprint density at radius 3 is 2.62 bits per heavy atom. The van der Waals surface area contributed by atoms with Gasteiger partial charge in [-0.25, -0.2) is 9.59 Å². The van der Waals surface area contributed by atoms with Crippen LogP contribution in [0.1, 0.15) is 55.8 Å². The fourth-order valence-corrected chi connectivity index (χ4v) is 3.49. The third-order valence-corrected chi connectivity index (χ3v) is 5.00. The number of thiophene rings is 1. The number of nitrogens with zero attached hydrogens (tertiary/aromatic N) is 2. The lowest BCUT2D eigenvalue weighted by Gasteiger charge is -2.07. The van der Waals surface area contributed by atoms with Crippen molar-refractivity contribution >= 4 is 40.2 Å². The van der Waals surface area contributed by atoms with Gasteiger partial charge in [-0.2, -0.15) is 5.10 Å². The number of hydrogen-bond acceptors (Lipinski definition) is 8. The van der Waals surface area contributed by atoms with Crippen molar-refractivity contribution in [3.63, 3.8) is 0 Å². The summed E-state index contributed by atoms with van der Waals surface area (Å²) in [5.41, 5.74) is 0.474. The van der Waals surface area contributed by atoms with Crippen LogP contribution in [-0.4, -0.2) is 52.4 Å². The molecule has 0 saturated heterocycles. The number of hydrogen-bond donors (Lipinski definition) is 2. The zero-order valence-corrected chi connectivity index (χ0v) is 17.0. The molecule has 11 heteroatoms. The molecule has 10 nitrogen and oxygen atoms in total. The first-order chi connectivity index (χ1) is 13.8. The Hall–Kier alpha value is -3.21. The molecule has 2 N–H and O–H groups in total. The van der Waals surface area contributed by atoms with Gasteiger partial charge in [0.2, 0.25) is 0 Å². The number of aryl methyl sites for hydroxylation is 1. The first-order valence-corrected chi connectivity index (χ1v) is 9.55. The SMILES string of the molecule is CCCOC(=O)c1c(NC(=O)c2ccn(CCC(=O)O)n2)sc(C(=O)OC)c1C. The molecular formula is C18H21N3O7S. The summed E-state index contributed by atoms with van der Waals surface area (Å²) in [6, 6.07) is 1.42. The largest absolute Gasteiger partial charge is 0.481 e. The lowest BCUT2D eigenvalue weighted by molar-refractivity contribution is -0.137. The van der Waals surface area contributed by atoms with Gasteiger partial charge < -0.3 is 19.9 Å². The number of carbonyl (C=O) groups excluding carboxylic acids is 3. The molecule has 0 fully saturated rings. The summed E-state index contributed by atoms with van der Waals surface area (Å²) in [7, 11) is 1.22. The second kappa shape index (κ2) is 9.82. The Labute approximate surface area is 170 Å². The first-order valence-electron chi connectivity index (χ1n) is 8.73. The van der Waals surface area contributed by atoms with Crippen LogP contribution in [0.25, 0.3) is 0 Å². The van der Waals surface area contributed by atoms with Gasteiger partial charge in [0.05, 0.1) is 32.2 Å². The highest BCUT2D eigenvalue weighted by Gasteiger charge is 2.27. The van der Waals surface area contributed by atoms with Crippen LogP contribution in [0.3, 0.4) is 0 Å². The molecule has 0 atom stereocenters. The molecule has 29 heavy (non-hydrogen) atoms. The van der Waals surface area contributed by atoms with Gasteiger partial charge in [0.25, 0.3) is 5.91 Å². The smallest absolute Gasteiger partial charge is 0.348 e. The van der Waals surface area contributed by atoms with E-state index in [-0.39, 0.29) is 40.7 Å². The zero-order chi connectivity index (χ0) is 21.6. The van der Waals surface area contributed by atoms with Gasteiger partial charge in [-0.1, -0.05) is 6.92 Å². The van der Waals surface area contributed by atoms with E-state index in [1.165, 1.54) is 24.1 Å². The van der Waals surface area contributed by atoms with Gasteiger partial charge in [-0.3, -0.25) is 14.3 Å². The maximum absolute atomic E-state index is 12.5.